The van der Waals surface area contributed by atoms with E-state index in [0.717, 1.165) is 32.7 Å². The van der Waals surface area contributed by atoms with Crippen LogP contribution in [0.4, 0.5) is 4.39 Å². The van der Waals surface area contributed by atoms with Crippen LogP contribution in [0.1, 0.15) is 17.0 Å². The molecule has 148 valence electrons. The fraction of sp³-hybridized carbons (Fsp3) is 0.182. The third-order valence-electron chi connectivity index (χ3n) is 5.12. The first-order valence-electron chi connectivity index (χ1n) is 9.05. The van der Waals surface area contributed by atoms with Crippen LogP contribution in [-0.4, -0.2) is 31.4 Å². The molecule has 0 saturated heterocycles. The number of halogens is 1. The molecule has 1 unspecified atom stereocenters. The molecule has 4 rings (SSSR count). The highest BCUT2D eigenvalue weighted by molar-refractivity contribution is 7.90. The van der Waals surface area contributed by atoms with Crippen molar-refractivity contribution in [1.29, 1.82) is 0 Å². The van der Waals surface area contributed by atoms with Gasteiger partial charge in [0.2, 0.25) is 0 Å². The Morgan fingerprint density at radius 1 is 1.21 bits per heavy atom. The fourth-order valence-electron chi connectivity index (χ4n) is 3.69. The lowest BCUT2D eigenvalue weighted by Gasteiger charge is -2.08. The van der Waals surface area contributed by atoms with E-state index in [4.69, 9.17) is 4.98 Å². The summed E-state index contributed by atoms with van der Waals surface area (Å²) in [6.07, 6.45) is 2.09. The van der Waals surface area contributed by atoms with Crippen molar-refractivity contribution in [2.24, 2.45) is 0 Å². The lowest BCUT2D eigenvalue weighted by atomic mass is 10.0. The molecule has 4 aromatic rings. The predicted octanol–water partition coefficient (Wildman–Crippen LogP) is 4.05. The molecule has 0 spiro atoms. The van der Waals surface area contributed by atoms with E-state index in [0.29, 0.717) is 17.3 Å². The van der Waals surface area contributed by atoms with Gasteiger partial charge >= 0.3 is 5.97 Å². The first kappa shape index (κ1) is 19.4. The Hall–Kier alpha value is -2.90. The minimum atomic E-state index is -1.06. The van der Waals surface area contributed by atoms with Crippen LogP contribution in [0, 0.1) is 12.7 Å². The molecule has 0 aliphatic carbocycles. The molecule has 1 atom stereocenters. The number of pyridine rings is 1. The number of fused-ring (bicyclic) bond motifs is 2. The van der Waals surface area contributed by atoms with E-state index in [9.17, 15) is 18.8 Å². The Morgan fingerprint density at radius 3 is 2.72 bits per heavy atom. The van der Waals surface area contributed by atoms with Crippen molar-refractivity contribution < 1.29 is 18.8 Å². The maximum absolute atomic E-state index is 13.9. The standard InChI is InChI=1S/C22H19FN2O3S/c1-13-18(19-10-15(23)4-8-21(19)25(13)12-22(26)27)11-16-5-3-14-9-17(29(2)28)6-7-20(14)24-16/h3-10H,11-12H2,1-2H3,(H,26,27). The largest absolute Gasteiger partial charge is 0.612 e. The van der Waals surface area contributed by atoms with Gasteiger partial charge in [-0.2, -0.15) is 0 Å². The van der Waals surface area contributed by atoms with Gasteiger partial charge < -0.3 is 14.2 Å². The van der Waals surface area contributed by atoms with Crippen molar-refractivity contribution in [1.82, 2.24) is 9.55 Å². The summed E-state index contributed by atoms with van der Waals surface area (Å²) < 4.78 is 27.3. The van der Waals surface area contributed by atoms with Gasteiger partial charge in [0.15, 0.2) is 4.90 Å². The lowest BCUT2D eigenvalue weighted by Crippen LogP contribution is -2.10. The molecular weight excluding hydrogens is 391 g/mol. The van der Waals surface area contributed by atoms with Crippen LogP contribution >= 0.6 is 0 Å². The molecule has 0 amide bonds. The Labute approximate surface area is 170 Å². The average Bonchev–Trinajstić information content (AvgIpc) is 2.92. The van der Waals surface area contributed by atoms with E-state index in [2.05, 4.69) is 0 Å². The molecule has 7 heteroatoms. The van der Waals surface area contributed by atoms with Gasteiger partial charge in [0.1, 0.15) is 18.6 Å². The zero-order valence-corrected chi connectivity index (χ0v) is 16.8. The molecule has 0 fully saturated rings. The minimum Gasteiger partial charge on any atom is -0.612 e. The lowest BCUT2D eigenvalue weighted by molar-refractivity contribution is -0.137. The molecule has 0 saturated carbocycles. The summed E-state index contributed by atoms with van der Waals surface area (Å²) >= 11 is -1.06. The fourth-order valence-corrected chi connectivity index (χ4v) is 4.24. The summed E-state index contributed by atoms with van der Waals surface area (Å²) in [6.45, 7) is 1.66. The molecule has 29 heavy (non-hydrogen) atoms. The van der Waals surface area contributed by atoms with E-state index in [1.165, 1.54) is 12.1 Å². The SMILES string of the molecule is Cc1c(Cc2ccc3cc([S+](C)[O-])ccc3n2)c2cc(F)ccc2n1CC(=O)O. The molecule has 2 aromatic carbocycles. The van der Waals surface area contributed by atoms with Gasteiger partial charge in [0.05, 0.1) is 5.52 Å². The van der Waals surface area contributed by atoms with Crippen LogP contribution in [0.5, 0.6) is 0 Å². The number of hydrogen-bond acceptors (Lipinski definition) is 3. The van der Waals surface area contributed by atoms with E-state index >= 15 is 0 Å². The quantitative estimate of drug-likeness (QED) is 0.504. The smallest absolute Gasteiger partial charge is 0.323 e. The average molecular weight is 410 g/mol. The number of aliphatic carboxylic acids is 1. The zero-order valence-electron chi connectivity index (χ0n) is 16.0. The Kier molecular flexibility index (Phi) is 5.02. The molecule has 5 nitrogen and oxygen atoms in total. The maximum Gasteiger partial charge on any atom is 0.323 e. The molecule has 0 bridgehead atoms. The molecule has 0 aliphatic rings. The predicted molar refractivity (Wildman–Crippen MR) is 111 cm³/mol. The van der Waals surface area contributed by atoms with Gasteiger partial charge in [-0.3, -0.25) is 9.78 Å². The number of carboxylic acid groups (broad SMARTS) is 1. The van der Waals surface area contributed by atoms with E-state index in [-0.39, 0.29) is 12.4 Å². The van der Waals surface area contributed by atoms with Crippen LogP contribution in [0.15, 0.2) is 53.4 Å². The van der Waals surface area contributed by atoms with Gasteiger partial charge in [-0.15, -0.1) is 0 Å². The van der Waals surface area contributed by atoms with E-state index in [1.54, 1.807) is 23.0 Å². The second-order valence-electron chi connectivity index (χ2n) is 6.99. The third-order valence-corrected chi connectivity index (χ3v) is 6.04. The van der Waals surface area contributed by atoms with Gasteiger partial charge in [0, 0.05) is 40.2 Å². The van der Waals surface area contributed by atoms with Crippen molar-refractivity contribution in [2.45, 2.75) is 24.8 Å². The topological polar surface area (TPSA) is 78.2 Å². The van der Waals surface area contributed by atoms with Crippen molar-refractivity contribution >= 4 is 39.0 Å². The Bertz CT molecular complexity index is 1250. The van der Waals surface area contributed by atoms with Crippen molar-refractivity contribution in [2.75, 3.05) is 6.26 Å². The second-order valence-corrected chi connectivity index (χ2v) is 8.37. The zero-order chi connectivity index (χ0) is 20.7. The summed E-state index contributed by atoms with van der Waals surface area (Å²) in [6, 6.07) is 13.7. The van der Waals surface area contributed by atoms with Crippen LogP contribution < -0.4 is 0 Å². The molecular formula is C22H19FN2O3S. The first-order valence-corrected chi connectivity index (χ1v) is 10.6. The highest BCUT2D eigenvalue weighted by Gasteiger charge is 2.17. The maximum atomic E-state index is 13.9. The number of benzene rings is 2. The number of hydrogen-bond donors (Lipinski definition) is 1. The van der Waals surface area contributed by atoms with Crippen molar-refractivity contribution in [3.05, 3.63) is 71.3 Å². The Morgan fingerprint density at radius 2 is 2.00 bits per heavy atom. The number of carboxylic acids is 1. The molecule has 0 aliphatic heterocycles. The third kappa shape index (κ3) is 3.71. The Balaban J connectivity index is 1.79. The van der Waals surface area contributed by atoms with Crippen molar-refractivity contribution in [3.63, 3.8) is 0 Å². The molecule has 1 N–H and O–H groups in total. The van der Waals surface area contributed by atoms with Crippen LogP contribution in [0.2, 0.25) is 0 Å². The van der Waals surface area contributed by atoms with Crippen LogP contribution in [0.25, 0.3) is 21.8 Å². The summed E-state index contributed by atoms with van der Waals surface area (Å²) in [4.78, 5) is 16.7. The molecule has 2 aromatic heterocycles. The number of rotatable bonds is 5. The number of nitrogens with zero attached hydrogens (tertiary/aromatic N) is 2. The van der Waals surface area contributed by atoms with Crippen LogP contribution in [0.3, 0.4) is 0 Å². The molecule has 2 heterocycles. The summed E-state index contributed by atoms with van der Waals surface area (Å²) in [5.74, 6) is -1.31. The second kappa shape index (κ2) is 7.50. The minimum absolute atomic E-state index is 0.184. The van der Waals surface area contributed by atoms with Crippen LogP contribution in [-0.2, 0) is 28.9 Å². The highest BCUT2D eigenvalue weighted by atomic mass is 32.2. The van der Waals surface area contributed by atoms with Gasteiger partial charge in [0.25, 0.3) is 0 Å². The van der Waals surface area contributed by atoms with Gasteiger partial charge in [-0.1, -0.05) is 6.07 Å². The number of carbonyl (C=O) groups is 1. The first-order chi connectivity index (χ1) is 13.8. The van der Waals surface area contributed by atoms with Gasteiger partial charge in [-0.05, 0) is 60.1 Å². The highest BCUT2D eigenvalue weighted by Crippen LogP contribution is 2.29. The normalized spacial score (nSPS) is 12.6. The monoisotopic (exact) mass is 410 g/mol. The van der Waals surface area contributed by atoms with Gasteiger partial charge in [-0.25, -0.2) is 4.39 Å². The molecule has 0 radical (unpaired) electrons. The summed E-state index contributed by atoms with van der Waals surface area (Å²) in [5.41, 5.74) is 3.92. The summed E-state index contributed by atoms with van der Waals surface area (Å²) in [7, 11) is 0. The van der Waals surface area contributed by atoms with Crippen molar-refractivity contribution in [3.8, 4) is 0 Å². The summed E-state index contributed by atoms with van der Waals surface area (Å²) in [5, 5.41) is 10.9. The number of aromatic nitrogens is 2. The van der Waals surface area contributed by atoms with E-state index in [1.807, 2.05) is 31.2 Å². The van der Waals surface area contributed by atoms with E-state index < -0.39 is 17.1 Å².